The average Bonchev–Trinajstić information content (AvgIpc) is 2.20. The van der Waals surface area contributed by atoms with Gasteiger partial charge in [0.25, 0.3) is 0 Å². The number of carbonyl (C=O) groups excluding carboxylic acids is 1. The molecule has 0 radical (unpaired) electrons. The zero-order chi connectivity index (χ0) is 12.1. The lowest BCUT2D eigenvalue weighted by atomic mass is 9.79. The number of amides is 1. The molecular weight excluding hydrogens is 228 g/mol. The Kier molecular flexibility index (Phi) is 4.80. The van der Waals surface area contributed by atoms with E-state index in [0.717, 1.165) is 6.42 Å². The van der Waals surface area contributed by atoms with E-state index in [1.165, 1.54) is 6.07 Å². The van der Waals surface area contributed by atoms with Crippen LogP contribution in [0.25, 0.3) is 0 Å². The lowest BCUT2D eigenvalue weighted by Crippen LogP contribution is -2.33. The largest absolute Gasteiger partial charge is 0.490 e. The van der Waals surface area contributed by atoms with Crippen molar-refractivity contribution in [1.29, 1.82) is 0 Å². The normalized spacial score (nSPS) is 10.0. The fraction of sp³-hybridized carbons (Fsp3) is 0.300. The highest BCUT2D eigenvalue weighted by molar-refractivity contribution is 6.61. The number of halogens is 1. The first kappa shape index (κ1) is 13.0. The third-order valence-corrected chi connectivity index (χ3v) is 2.28. The quantitative estimate of drug-likeness (QED) is 0.682. The molecule has 0 aliphatic heterocycles. The lowest BCUT2D eigenvalue weighted by Gasteiger charge is -2.10. The first-order chi connectivity index (χ1) is 7.54. The molecular formula is C10H13BClNO3. The third-order valence-electron chi connectivity index (χ3n) is 2.04. The second-order valence-electron chi connectivity index (χ2n) is 3.40. The number of nitrogens with one attached hydrogen (secondary N) is 1. The molecule has 0 spiro atoms. The minimum absolute atomic E-state index is 0.160. The van der Waals surface area contributed by atoms with Crippen molar-refractivity contribution < 1.29 is 14.8 Å². The molecule has 0 saturated heterocycles. The average molecular weight is 241 g/mol. The summed E-state index contributed by atoms with van der Waals surface area (Å²) in [6.07, 6.45) is 1.13. The Morgan fingerprint density at radius 1 is 1.50 bits per heavy atom. The summed E-state index contributed by atoms with van der Waals surface area (Å²) in [5, 5.41) is 21.2. The fourth-order valence-corrected chi connectivity index (χ4v) is 1.48. The van der Waals surface area contributed by atoms with Crippen molar-refractivity contribution in [3.63, 3.8) is 0 Å². The fourth-order valence-electron chi connectivity index (χ4n) is 1.30. The van der Waals surface area contributed by atoms with Crippen LogP contribution in [0.5, 0.6) is 0 Å². The van der Waals surface area contributed by atoms with E-state index in [1.807, 2.05) is 6.92 Å². The minimum atomic E-state index is -1.66. The number of benzene rings is 1. The highest BCUT2D eigenvalue weighted by Gasteiger charge is 2.17. The van der Waals surface area contributed by atoms with E-state index >= 15 is 0 Å². The standard InChI is InChI=1S/C10H13BClNO3/c1-2-3-10(14)13-9-5-4-7(12)6-8(9)11(15)16/h4-6,15-16H,2-3H2,1H3,(H,13,14). The Hall–Kier alpha value is -1.04. The van der Waals surface area contributed by atoms with Crippen LogP contribution in [0.2, 0.25) is 5.02 Å². The number of carbonyl (C=O) groups is 1. The van der Waals surface area contributed by atoms with Gasteiger partial charge in [-0.25, -0.2) is 0 Å². The van der Waals surface area contributed by atoms with Crippen molar-refractivity contribution in [2.24, 2.45) is 0 Å². The van der Waals surface area contributed by atoms with Crippen LogP contribution in [0.4, 0.5) is 5.69 Å². The van der Waals surface area contributed by atoms with Crippen LogP contribution in [-0.4, -0.2) is 23.1 Å². The Morgan fingerprint density at radius 3 is 2.75 bits per heavy atom. The smallest absolute Gasteiger partial charge is 0.423 e. The van der Waals surface area contributed by atoms with Gasteiger partial charge in [-0.3, -0.25) is 4.79 Å². The van der Waals surface area contributed by atoms with Crippen LogP contribution >= 0.6 is 11.6 Å². The molecule has 0 saturated carbocycles. The Labute approximate surface area is 99.4 Å². The predicted molar refractivity (Wildman–Crippen MR) is 64.8 cm³/mol. The summed E-state index contributed by atoms with van der Waals surface area (Å²) in [4.78, 5) is 11.4. The molecule has 0 bridgehead atoms. The molecule has 1 rings (SSSR count). The van der Waals surface area contributed by atoms with Gasteiger partial charge < -0.3 is 15.4 Å². The summed E-state index contributed by atoms with van der Waals surface area (Å²) in [5.74, 6) is -0.160. The molecule has 1 aromatic rings. The summed E-state index contributed by atoms with van der Waals surface area (Å²) in [6.45, 7) is 1.89. The first-order valence-electron chi connectivity index (χ1n) is 5.00. The van der Waals surface area contributed by atoms with E-state index in [2.05, 4.69) is 5.32 Å². The van der Waals surface area contributed by atoms with E-state index in [4.69, 9.17) is 21.6 Å². The lowest BCUT2D eigenvalue weighted by molar-refractivity contribution is -0.116. The molecule has 16 heavy (non-hydrogen) atoms. The van der Waals surface area contributed by atoms with Crippen molar-refractivity contribution in [2.45, 2.75) is 19.8 Å². The van der Waals surface area contributed by atoms with Crippen molar-refractivity contribution in [2.75, 3.05) is 5.32 Å². The highest BCUT2D eigenvalue weighted by atomic mass is 35.5. The van der Waals surface area contributed by atoms with Crippen LogP contribution in [0.3, 0.4) is 0 Å². The molecule has 0 atom stereocenters. The van der Waals surface area contributed by atoms with E-state index in [1.54, 1.807) is 12.1 Å². The van der Waals surface area contributed by atoms with Crippen LogP contribution < -0.4 is 10.8 Å². The van der Waals surface area contributed by atoms with Gasteiger partial charge in [0, 0.05) is 22.6 Å². The summed E-state index contributed by atoms with van der Waals surface area (Å²) >= 11 is 5.72. The predicted octanol–water partition coefficient (Wildman–Crippen LogP) is 0.758. The Balaban J connectivity index is 2.90. The molecule has 1 aromatic carbocycles. The van der Waals surface area contributed by atoms with Gasteiger partial charge in [0.15, 0.2) is 0 Å². The van der Waals surface area contributed by atoms with Crippen LogP contribution in [0, 0.1) is 0 Å². The number of hydrogen-bond donors (Lipinski definition) is 3. The van der Waals surface area contributed by atoms with Gasteiger partial charge in [0.1, 0.15) is 0 Å². The summed E-state index contributed by atoms with van der Waals surface area (Å²) in [5.41, 5.74) is 0.565. The molecule has 0 heterocycles. The van der Waals surface area contributed by atoms with Crippen LogP contribution in [0.15, 0.2) is 18.2 Å². The number of hydrogen-bond acceptors (Lipinski definition) is 3. The molecule has 0 aromatic heterocycles. The maximum absolute atomic E-state index is 11.4. The van der Waals surface area contributed by atoms with Gasteiger partial charge in [-0.2, -0.15) is 0 Å². The van der Waals surface area contributed by atoms with Gasteiger partial charge in [-0.1, -0.05) is 18.5 Å². The molecule has 0 unspecified atom stereocenters. The molecule has 0 aliphatic carbocycles. The van der Waals surface area contributed by atoms with Gasteiger partial charge in [0.05, 0.1) is 0 Å². The van der Waals surface area contributed by atoms with Crippen molar-refractivity contribution in [3.8, 4) is 0 Å². The van der Waals surface area contributed by atoms with E-state index < -0.39 is 7.12 Å². The minimum Gasteiger partial charge on any atom is -0.423 e. The molecule has 0 aliphatic rings. The molecule has 86 valence electrons. The monoisotopic (exact) mass is 241 g/mol. The molecule has 1 amide bonds. The zero-order valence-corrected chi connectivity index (χ0v) is 9.66. The Morgan fingerprint density at radius 2 is 2.19 bits per heavy atom. The first-order valence-corrected chi connectivity index (χ1v) is 5.37. The maximum Gasteiger partial charge on any atom is 0.490 e. The molecule has 6 heteroatoms. The van der Waals surface area contributed by atoms with Crippen LogP contribution in [-0.2, 0) is 4.79 Å². The van der Waals surface area contributed by atoms with Crippen molar-refractivity contribution >= 4 is 35.8 Å². The van der Waals surface area contributed by atoms with Gasteiger partial charge >= 0.3 is 7.12 Å². The van der Waals surface area contributed by atoms with Crippen LogP contribution in [0.1, 0.15) is 19.8 Å². The second kappa shape index (κ2) is 5.89. The molecule has 3 N–H and O–H groups in total. The number of rotatable bonds is 4. The molecule has 4 nitrogen and oxygen atoms in total. The summed E-state index contributed by atoms with van der Waals surface area (Å²) in [6, 6.07) is 4.54. The summed E-state index contributed by atoms with van der Waals surface area (Å²) in [7, 11) is -1.66. The van der Waals surface area contributed by atoms with Crippen molar-refractivity contribution in [1.82, 2.24) is 0 Å². The zero-order valence-electron chi connectivity index (χ0n) is 8.90. The summed E-state index contributed by atoms with van der Waals surface area (Å²) < 4.78 is 0. The van der Waals surface area contributed by atoms with E-state index in [0.29, 0.717) is 17.1 Å². The topological polar surface area (TPSA) is 69.6 Å². The number of anilines is 1. The maximum atomic E-state index is 11.4. The van der Waals surface area contributed by atoms with E-state index in [9.17, 15) is 4.79 Å². The van der Waals surface area contributed by atoms with Gasteiger partial charge in [-0.15, -0.1) is 0 Å². The molecule has 0 fully saturated rings. The van der Waals surface area contributed by atoms with Crippen molar-refractivity contribution in [3.05, 3.63) is 23.2 Å². The Bertz CT molecular complexity index is 384. The highest BCUT2D eigenvalue weighted by Crippen LogP contribution is 2.12. The second-order valence-corrected chi connectivity index (χ2v) is 3.84. The third kappa shape index (κ3) is 3.52. The van der Waals surface area contributed by atoms with Gasteiger partial charge in [0.2, 0.25) is 5.91 Å². The van der Waals surface area contributed by atoms with Gasteiger partial charge in [-0.05, 0) is 24.6 Å². The van der Waals surface area contributed by atoms with E-state index in [-0.39, 0.29) is 11.4 Å². The SMILES string of the molecule is CCCC(=O)Nc1ccc(Cl)cc1B(O)O.